The summed E-state index contributed by atoms with van der Waals surface area (Å²) in [5.74, 6) is 0.222. The van der Waals surface area contributed by atoms with E-state index in [1.54, 1.807) is 19.1 Å². The van der Waals surface area contributed by atoms with Gasteiger partial charge in [0.15, 0.2) is 17.6 Å². The molecule has 0 aromatic heterocycles. The van der Waals surface area contributed by atoms with Gasteiger partial charge in [0.1, 0.15) is 13.3 Å². The summed E-state index contributed by atoms with van der Waals surface area (Å²) >= 11 is 0. The highest BCUT2D eigenvalue weighted by molar-refractivity contribution is 6.00. The van der Waals surface area contributed by atoms with Crippen molar-refractivity contribution in [2.45, 2.75) is 53.2 Å². The molecular formula is C25H32N4O5. The number of hydrazone groups is 1. The van der Waals surface area contributed by atoms with E-state index < -0.39 is 17.6 Å². The van der Waals surface area contributed by atoms with Crippen LogP contribution < -0.4 is 20.3 Å². The Hall–Kier alpha value is -3.59. The number of hydrazine groups is 1. The number of nitrogens with zero attached hydrogens (tertiary/aromatic N) is 2. The predicted octanol–water partition coefficient (Wildman–Crippen LogP) is 2.86. The first-order valence-electron chi connectivity index (χ1n) is 11.0. The lowest BCUT2D eigenvalue weighted by Gasteiger charge is -2.36. The van der Waals surface area contributed by atoms with Crippen molar-refractivity contribution in [3.8, 4) is 11.5 Å². The second-order valence-electron chi connectivity index (χ2n) is 9.26. The van der Waals surface area contributed by atoms with Crippen LogP contribution in [0.15, 0.2) is 35.4 Å². The second kappa shape index (κ2) is 10.1. The number of ether oxygens (including phenoxy) is 2. The topological polar surface area (TPSA) is 112 Å². The molecule has 0 saturated carbocycles. The van der Waals surface area contributed by atoms with Crippen LogP contribution in [0.25, 0.3) is 0 Å². The lowest BCUT2D eigenvalue weighted by atomic mass is 10.0. The van der Waals surface area contributed by atoms with Crippen molar-refractivity contribution in [1.82, 2.24) is 15.9 Å². The minimum Gasteiger partial charge on any atom is -0.485 e. The van der Waals surface area contributed by atoms with Gasteiger partial charge in [-0.05, 0) is 65.8 Å². The number of benzene rings is 2. The number of aliphatic hydroxyl groups excluding tert-OH is 1. The summed E-state index contributed by atoms with van der Waals surface area (Å²) in [5.41, 5.74) is 7.92. The molecule has 2 amide bonds. The molecule has 34 heavy (non-hydrogen) atoms. The standard InChI is InChI=1S/C25H32N4O5/c1-15-9-16(2)11-18(10-15)24(32)29(25(4,5)6)28-23(31)20-7-8-21-22(17(20)3)34-19(13-33-21)12-26-27-14-30/h7-12,19,27,30H,13-14H2,1-6H3,(H,28,31)/t19-/m0/s1. The predicted molar refractivity (Wildman–Crippen MR) is 129 cm³/mol. The quantitative estimate of drug-likeness (QED) is 0.353. The van der Waals surface area contributed by atoms with Crippen LogP contribution in [0.3, 0.4) is 0 Å². The number of carbonyl (C=O) groups excluding carboxylic acids is 2. The number of carbonyl (C=O) groups is 2. The van der Waals surface area contributed by atoms with E-state index >= 15 is 0 Å². The fourth-order valence-electron chi connectivity index (χ4n) is 3.69. The van der Waals surface area contributed by atoms with E-state index in [0.717, 1.165) is 11.1 Å². The van der Waals surface area contributed by atoms with Crippen LogP contribution in [0.5, 0.6) is 11.5 Å². The number of hydrogen-bond acceptors (Lipinski definition) is 7. The number of hydrogen-bond donors (Lipinski definition) is 3. The van der Waals surface area contributed by atoms with Gasteiger partial charge in [0.2, 0.25) is 0 Å². The first-order valence-corrected chi connectivity index (χ1v) is 11.0. The van der Waals surface area contributed by atoms with Gasteiger partial charge >= 0.3 is 0 Å². The van der Waals surface area contributed by atoms with Gasteiger partial charge in [0.25, 0.3) is 11.8 Å². The summed E-state index contributed by atoms with van der Waals surface area (Å²) in [5, 5.41) is 14.0. The first-order chi connectivity index (χ1) is 16.0. The average molecular weight is 469 g/mol. The van der Waals surface area contributed by atoms with E-state index in [4.69, 9.17) is 14.6 Å². The zero-order valence-electron chi connectivity index (χ0n) is 20.4. The Labute approximate surface area is 199 Å². The highest BCUT2D eigenvalue weighted by Gasteiger charge is 2.31. The Morgan fingerprint density at radius 3 is 2.47 bits per heavy atom. The Balaban J connectivity index is 1.87. The van der Waals surface area contributed by atoms with E-state index in [2.05, 4.69) is 16.0 Å². The van der Waals surface area contributed by atoms with Gasteiger partial charge in [-0.1, -0.05) is 17.2 Å². The summed E-state index contributed by atoms with van der Waals surface area (Å²) in [7, 11) is 0. The third-order valence-corrected chi connectivity index (χ3v) is 5.25. The van der Waals surface area contributed by atoms with Gasteiger partial charge in [-0.2, -0.15) is 5.10 Å². The van der Waals surface area contributed by atoms with Crippen LogP contribution >= 0.6 is 0 Å². The summed E-state index contributed by atoms with van der Waals surface area (Å²) in [6, 6.07) is 8.93. The molecule has 0 radical (unpaired) electrons. The number of rotatable bonds is 5. The first kappa shape index (κ1) is 25.0. The summed E-state index contributed by atoms with van der Waals surface area (Å²) < 4.78 is 11.7. The maximum Gasteiger partial charge on any atom is 0.272 e. The highest BCUT2D eigenvalue weighted by Crippen LogP contribution is 2.36. The maximum absolute atomic E-state index is 13.4. The number of fused-ring (bicyclic) bond motifs is 1. The van der Waals surface area contributed by atoms with Crippen LogP contribution in [0.2, 0.25) is 0 Å². The number of nitrogens with one attached hydrogen (secondary N) is 2. The minimum absolute atomic E-state index is 0.247. The van der Waals surface area contributed by atoms with Crippen molar-refractivity contribution in [2.24, 2.45) is 5.10 Å². The van der Waals surface area contributed by atoms with Crippen LogP contribution in [0, 0.1) is 20.8 Å². The normalized spacial score (nSPS) is 15.2. The van der Waals surface area contributed by atoms with E-state index in [1.165, 1.54) is 11.2 Å². The Kier molecular flexibility index (Phi) is 7.46. The van der Waals surface area contributed by atoms with Gasteiger partial charge in [0.05, 0.1) is 11.8 Å². The fraction of sp³-hybridized carbons (Fsp3) is 0.400. The van der Waals surface area contributed by atoms with Gasteiger partial charge in [-0.3, -0.25) is 20.4 Å². The van der Waals surface area contributed by atoms with Gasteiger partial charge in [-0.25, -0.2) is 5.01 Å². The molecule has 3 N–H and O–H groups in total. The Morgan fingerprint density at radius 1 is 1.18 bits per heavy atom. The molecule has 2 aromatic rings. The Morgan fingerprint density at radius 2 is 1.85 bits per heavy atom. The van der Waals surface area contributed by atoms with Gasteiger partial charge < -0.3 is 14.6 Å². The number of amides is 2. The molecule has 0 aliphatic carbocycles. The SMILES string of the molecule is Cc1cc(C)cc(C(=O)N(NC(=O)c2ccc3c(c2C)O[C@@H](C=NNCO)CO3)C(C)(C)C)c1. The second-order valence-corrected chi connectivity index (χ2v) is 9.26. The van der Waals surface area contributed by atoms with Crippen molar-refractivity contribution < 1.29 is 24.2 Å². The van der Waals surface area contributed by atoms with Crippen molar-refractivity contribution >= 4 is 18.0 Å². The molecule has 0 bridgehead atoms. The molecule has 1 aliphatic heterocycles. The van der Waals surface area contributed by atoms with Crippen LogP contribution in [0.4, 0.5) is 0 Å². The highest BCUT2D eigenvalue weighted by atomic mass is 16.6. The van der Waals surface area contributed by atoms with E-state index in [-0.39, 0.29) is 19.2 Å². The molecule has 9 heteroatoms. The number of aryl methyl sites for hydroxylation is 2. The number of aliphatic hydroxyl groups is 1. The van der Waals surface area contributed by atoms with Crippen molar-refractivity contribution in [1.29, 1.82) is 0 Å². The van der Waals surface area contributed by atoms with Crippen molar-refractivity contribution in [3.05, 3.63) is 58.1 Å². The lowest BCUT2D eigenvalue weighted by Crippen LogP contribution is -2.56. The molecule has 0 fully saturated rings. The summed E-state index contributed by atoms with van der Waals surface area (Å²) in [4.78, 5) is 26.7. The molecule has 1 atom stereocenters. The Bertz CT molecular complexity index is 1090. The minimum atomic E-state index is -0.673. The lowest BCUT2D eigenvalue weighted by molar-refractivity contribution is 0.0358. The van der Waals surface area contributed by atoms with Gasteiger partial charge in [0, 0.05) is 16.7 Å². The fourth-order valence-corrected chi connectivity index (χ4v) is 3.69. The van der Waals surface area contributed by atoms with Gasteiger partial charge in [-0.15, -0.1) is 0 Å². The summed E-state index contributed by atoms with van der Waals surface area (Å²) in [6.45, 7) is 11.1. The molecule has 0 saturated heterocycles. The molecule has 2 aromatic carbocycles. The third-order valence-electron chi connectivity index (χ3n) is 5.25. The largest absolute Gasteiger partial charge is 0.485 e. The summed E-state index contributed by atoms with van der Waals surface area (Å²) in [6.07, 6.45) is 0.996. The molecule has 9 nitrogen and oxygen atoms in total. The smallest absolute Gasteiger partial charge is 0.272 e. The molecule has 0 unspecified atom stereocenters. The van der Waals surface area contributed by atoms with Crippen molar-refractivity contribution in [3.63, 3.8) is 0 Å². The van der Waals surface area contributed by atoms with Crippen LogP contribution in [0.1, 0.15) is 58.2 Å². The molecule has 182 valence electrons. The molecule has 1 heterocycles. The molecular weight excluding hydrogens is 436 g/mol. The zero-order valence-corrected chi connectivity index (χ0v) is 20.4. The molecule has 0 spiro atoms. The zero-order chi connectivity index (χ0) is 25.0. The van der Waals surface area contributed by atoms with E-state index in [0.29, 0.717) is 28.2 Å². The van der Waals surface area contributed by atoms with E-state index in [9.17, 15) is 9.59 Å². The maximum atomic E-state index is 13.4. The average Bonchev–Trinajstić information content (AvgIpc) is 2.76. The third kappa shape index (κ3) is 5.66. The van der Waals surface area contributed by atoms with Crippen molar-refractivity contribution in [2.75, 3.05) is 13.3 Å². The monoisotopic (exact) mass is 468 g/mol. The van der Waals surface area contributed by atoms with E-state index in [1.807, 2.05) is 52.8 Å². The van der Waals surface area contributed by atoms with Crippen LogP contribution in [-0.4, -0.2) is 53.1 Å². The molecule has 1 aliphatic rings. The van der Waals surface area contributed by atoms with Crippen LogP contribution in [-0.2, 0) is 0 Å². The molecule has 3 rings (SSSR count).